The standard InChI is InChI=1S/C14H16N4/c1-8(2)7-11-12-9-5-3-4-6-10(9)16-14(15)13(12)18-17-11/h3-6,8H,7H2,1-2H3,(H2,15,16)(H,17,18). The third-order valence-electron chi connectivity index (χ3n) is 3.11. The van der Waals surface area contributed by atoms with Gasteiger partial charge in [-0.1, -0.05) is 32.0 Å². The van der Waals surface area contributed by atoms with E-state index in [0.717, 1.165) is 33.9 Å². The number of pyridine rings is 1. The van der Waals surface area contributed by atoms with Crippen LogP contribution in [-0.2, 0) is 6.42 Å². The Bertz CT molecular complexity index is 712. The smallest absolute Gasteiger partial charge is 0.152 e. The highest BCUT2D eigenvalue weighted by Gasteiger charge is 2.14. The Balaban J connectivity index is 2.40. The van der Waals surface area contributed by atoms with E-state index in [4.69, 9.17) is 5.73 Å². The fourth-order valence-electron chi connectivity index (χ4n) is 2.37. The van der Waals surface area contributed by atoms with Gasteiger partial charge in [0, 0.05) is 16.5 Å². The van der Waals surface area contributed by atoms with Crippen molar-refractivity contribution in [3.63, 3.8) is 0 Å². The molecule has 0 saturated heterocycles. The summed E-state index contributed by atoms with van der Waals surface area (Å²) in [6, 6.07) is 8.05. The third-order valence-corrected chi connectivity index (χ3v) is 3.11. The highest BCUT2D eigenvalue weighted by atomic mass is 15.1. The normalized spacial score (nSPS) is 11.7. The summed E-state index contributed by atoms with van der Waals surface area (Å²) in [7, 11) is 0. The fourth-order valence-corrected chi connectivity index (χ4v) is 2.37. The maximum atomic E-state index is 5.97. The number of H-pyrrole nitrogens is 1. The maximum Gasteiger partial charge on any atom is 0.152 e. The Hall–Kier alpha value is -2.10. The van der Waals surface area contributed by atoms with E-state index in [1.165, 1.54) is 0 Å². The first kappa shape index (κ1) is 11.0. The number of aromatic nitrogens is 3. The summed E-state index contributed by atoms with van der Waals surface area (Å²) in [6.45, 7) is 4.39. The van der Waals surface area contributed by atoms with E-state index in [1.807, 2.05) is 18.2 Å². The number of aromatic amines is 1. The van der Waals surface area contributed by atoms with Gasteiger partial charge in [-0.2, -0.15) is 5.10 Å². The van der Waals surface area contributed by atoms with Crippen molar-refractivity contribution in [3.05, 3.63) is 30.0 Å². The van der Waals surface area contributed by atoms with E-state index >= 15 is 0 Å². The highest BCUT2D eigenvalue weighted by Crippen LogP contribution is 2.29. The molecule has 4 nitrogen and oxygen atoms in total. The monoisotopic (exact) mass is 240 g/mol. The van der Waals surface area contributed by atoms with Gasteiger partial charge in [-0.25, -0.2) is 4.98 Å². The van der Waals surface area contributed by atoms with E-state index in [-0.39, 0.29) is 0 Å². The van der Waals surface area contributed by atoms with Crippen LogP contribution < -0.4 is 5.73 Å². The predicted octanol–water partition coefficient (Wildman–Crippen LogP) is 2.89. The van der Waals surface area contributed by atoms with Crippen molar-refractivity contribution >= 4 is 27.6 Å². The molecule has 0 radical (unpaired) electrons. The third kappa shape index (κ3) is 1.61. The van der Waals surface area contributed by atoms with Crippen LogP contribution >= 0.6 is 0 Å². The molecular formula is C14H16N4. The SMILES string of the molecule is CC(C)Cc1[nH]nc2c(N)nc3ccccc3c12. The number of nitrogens with zero attached hydrogens (tertiary/aromatic N) is 2. The zero-order valence-electron chi connectivity index (χ0n) is 10.6. The van der Waals surface area contributed by atoms with Crippen molar-refractivity contribution in [1.82, 2.24) is 15.2 Å². The number of para-hydroxylation sites is 1. The summed E-state index contributed by atoms with van der Waals surface area (Å²) in [5, 5.41) is 9.65. The number of nitrogen functional groups attached to an aromatic ring is 1. The van der Waals surface area contributed by atoms with E-state index in [9.17, 15) is 0 Å². The van der Waals surface area contributed by atoms with Crippen molar-refractivity contribution in [1.29, 1.82) is 0 Å². The number of hydrogen-bond donors (Lipinski definition) is 2. The van der Waals surface area contributed by atoms with Gasteiger partial charge in [0.1, 0.15) is 5.52 Å². The minimum absolute atomic E-state index is 0.495. The topological polar surface area (TPSA) is 67.6 Å². The molecule has 0 aliphatic rings. The van der Waals surface area contributed by atoms with Gasteiger partial charge in [0.25, 0.3) is 0 Å². The van der Waals surface area contributed by atoms with Gasteiger partial charge in [0.05, 0.1) is 5.52 Å². The van der Waals surface area contributed by atoms with Crippen molar-refractivity contribution < 1.29 is 0 Å². The quantitative estimate of drug-likeness (QED) is 0.723. The van der Waals surface area contributed by atoms with Gasteiger partial charge in [-0.15, -0.1) is 0 Å². The minimum Gasteiger partial charge on any atom is -0.382 e. The molecule has 0 aliphatic carbocycles. The lowest BCUT2D eigenvalue weighted by Gasteiger charge is -2.05. The molecule has 0 unspecified atom stereocenters. The van der Waals surface area contributed by atoms with Gasteiger partial charge >= 0.3 is 0 Å². The Morgan fingerprint density at radius 3 is 2.83 bits per heavy atom. The van der Waals surface area contributed by atoms with Crippen LogP contribution in [0.4, 0.5) is 5.82 Å². The van der Waals surface area contributed by atoms with Crippen LogP contribution in [0.5, 0.6) is 0 Å². The van der Waals surface area contributed by atoms with Crippen LogP contribution in [-0.4, -0.2) is 15.2 Å². The molecule has 18 heavy (non-hydrogen) atoms. The van der Waals surface area contributed by atoms with Crippen LogP contribution in [0.15, 0.2) is 24.3 Å². The molecule has 0 spiro atoms. The number of fused-ring (bicyclic) bond motifs is 3. The summed E-state index contributed by atoms with van der Waals surface area (Å²) in [5.41, 5.74) is 8.82. The maximum absolute atomic E-state index is 5.97. The van der Waals surface area contributed by atoms with Crippen LogP contribution in [0.2, 0.25) is 0 Å². The van der Waals surface area contributed by atoms with Crippen molar-refractivity contribution in [2.75, 3.05) is 5.73 Å². The average Bonchev–Trinajstić information content (AvgIpc) is 2.73. The molecule has 0 aliphatic heterocycles. The molecule has 4 heteroatoms. The number of benzene rings is 1. The van der Waals surface area contributed by atoms with Crippen LogP contribution in [0.1, 0.15) is 19.5 Å². The number of nitrogens with two attached hydrogens (primary N) is 1. The molecule has 0 saturated carbocycles. The fraction of sp³-hybridized carbons (Fsp3) is 0.286. The molecule has 2 heterocycles. The molecule has 0 amide bonds. The Kier molecular flexibility index (Phi) is 2.44. The molecule has 3 rings (SSSR count). The number of hydrogen-bond acceptors (Lipinski definition) is 3. The molecule has 0 atom stereocenters. The zero-order chi connectivity index (χ0) is 12.7. The van der Waals surface area contributed by atoms with Gasteiger partial charge in [-0.3, -0.25) is 5.10 Å². The molecule has 0 bridgehead atoms. The molecule has 2 aromatic heterocycles. The number of nitrogens with one attached hydrogen (secondary N) is 1. The molecule has 0 fully saturated rings. The Morgan fingerprint density at radius 1 is 1.28 bits per heavy atom. The van der Waals surface area contributed by atoms with Gasteiger partial charge in [-0.05, 0) is 18.4 Å². The average molecular weight is 240 g/mol. The first-order chi connectivity index (χ1) is 8.66. The van der Waals surface area contributed by atoms with Crippen LogP contribution in [0.3, 0.4) is 0 Å². The lowest BCUT2D eigenvalue weighted by Crippen LogP contribution is -1.96. The largest absolute Gasteiger partial charge is 0.382 e. The summed E-state index contributed by atoms with van der Waals surface area (Å²) in [6.07, 6.45) is 0.962. The minimum atomic E-state index is 0.495. The van der Waals surface area contributed by atoms with E-state index < -0.39 is 0 Å². The van der Waals surface area contributed by atoms with Gasteiger partial charge in [0.15, 0.2) is 5.82 Å². The Labute approximate surface area is 105 Å². The number of anilines is 1. The van der Waals surface area contributed by atoms with Crippen LogP contribution in [0, 0.1) is 5.92 Å². The van der Waals surface area contributed by atoms with Gasteiger partial charge in [0.2, 0.25) is 0 Å². The summed E-state index contributed by atoms with van der Waals surface area (Å²) in [4.78, 5) is 4.39. The summed E-state index contributed by atoms with van der Waals surface area (Å²) < 4.78 is 0. The van der Waals surface area contributed by atoms with E-state index in [1.54, 1.807) is 0 Å². The first-order valence-electron chi connectivity index (χ1n) is 6.18. The van der Waals surface area contributed by atoms with Crippen molar-refractivity contribution in [3.8, 4) is 0 Å². The summed E-state index contributed by atoms with van der Waals surface area (Å²) >= 11 is 0. The van der Waals surface area contributed by atoms with Crippen molar-refractivity contribution in [2.45, 2.75) is 20.3 Å². The van der Waals surface area contributed by atoms with Gasteiger partial charge < -0.3 is 5.73 Å². The second-order valence-corrected chi connectivity index (χ2v) is 5.04. The number of rotatable bonds is 2. The van der Waals surface area contributed by atoms with Crippen molar-refractivity contribution in [2.24, 2.45) is 5.92 Å². The molecule has 92 valence electrons. The van der Waals surface area contributed by atoms with Crippen LogP contribution in [0.25, 0.3) is 21.8 Å². The molecule has 3 N–H and O–H groups in total. The lowest BCUT2D eigenvalue weighted by atomic mass is 10.0. The zero-order valence-corrected chi connectivity index (χ0v) is 10.6. The summed E-state index contributed by atoms with van der Waals surface area (Å²) in [5.74, 6) is 1.07. The molecule has 3 aromatic rings. The molecular weight excluding hydrogens is 224 g/mol. The van der Waals surface area contributed by atoms with E-state index in [2.05, 4.69) is 35.1 Å². The highest BCUT2D eigenvalue weighted by molar-refractivity contribution is 6.09. The first-order valence-corrected chi connectivity index (χ1v) is 6.18. The second-order valence-electron chi connectivity index (χ2n) is 5.04. The van der Waals surface area contributed by atoms with E-state index in [0.29, 0.717) is 11.7 Å². The Morgan fingerprint density at radius 2 is 2.06 bits per heavy atom. The molecule has 1 aromatic carbocycles. The predicted molar refractivity (Wildman–Crippen MR) is 74.3 cm³/mol. The second kappa shape index (κ2) is 3.98. The lowest BCUT2D eigenvalue weighted by molar-refractivity contribution is 0.636.